The summed E-state index contributed by atoms with van der Waals surface area (Å²) in [5, 5.41) is 15.2. The number of nitrogen functional groups attached to an aromatic ring is 2. The lowest BCUT2D eigenvalue weighted by atomic mass is 9.95. The molecule has 5 aromatic rings. The molecule has 3 atom stereocenters. The predicted molar refractivity (Wildman–Crippen MR) is 247 cm³/mol. The lowest BCUT2D eigenvalue weighted by Crippen LogP contribution is -2.55. The summed E-state index contributed by atoms with van der Waals surface area (Å²) in [5.74, 6) is -2.24. The molecule has 0 fully saturated rings. The van der Waals surface area contributed by atoms with E-state index >= 15 is 0 Å². The van der Waals surface area contributed by atoms with Crippen molar-refractivity contribution in [3.8, 4) is 0 Å². The maximum absolute atomic E-state index is 14.9. The Kier molecular flexibility index (Phi) is 12.0. The molecule has 15 nitrogen and oxygen atoms in total. The second-order valence-electron chi connectivity index (χ2n) is 18.0. The number of likely N-dealkylation sites (N-methyl/N-ethyl adjacent to an activating group) is 1. The molecule has 0 bridgehead atoms. The van der Waals surface area contributed by atoms with Gasteiger partial charge >= 0.3 is 30.4 Å². The quantitative estimate of drug-likeness (QED) is 0.0479. The largest absolute Gasteiger partial charge is 0.478 e. The fourth-order valence-corrected chi connectivity index (χ4v) is 9.52. The molecule has 0 aromatic heterocycles. The average Bonchev–Trinajstić information content (AvgIpc) is 3.82. The van der Waals surface area contributed by atoms with Crippen LogP contribution in [0.25, 0.3) is 0 Å². The minimum absolute atomic E-state index is 0.0126. The highest BCUT2D eigenvalue weighted by atomic mass is 19.4. The van der Waals surface area contributed by atoms with E-state index in [0.717, 1.165) is 46.2 Å². The number of nitrogens with one attached hydrogen (secondary N) is 2. The molecule has 0 saturated heterocycles. The highest BCUT2D eigenvalue weighted by Crippen LogP contribution is 2.43. The van der Waals surface area contributed by atoms with Gasteiger partial charge in [-0.05, 0) is 83.9 Å². The van der Waals surface area contributed by atoms with E-state index in [1.807, 2.05) is 0 Å². The molecule has 0 aliphatic carbocycles. The first-order chi connectivity index (χ1) is 33.6. The normalized spacial score (nSPS) is 19.2. The standard InChI is InChI=1S/C50H43F6N9O6/c1-65(26-28-8-10-31(11-9-28)46(68)69,27-62-25-39-41(45(62)67)43(30-14-18-35(58)19-15-30)60-48(71)64(39)37-7-3-5-33(23-37)50(54,55)56)21-20-61-24-38-40(44(61)66)42(29-12-16-34(57)17-13-29)59-47(70)63(38)36-6-2-4-32(22-36)49(51,52)53/h2-19,22-23,42-43H,20-21,24-27,57-58H2,1H3,(H2-,59,60,68,69,70,71)/p+1/t42-,43-,65?/m1/s1. The summed E-state index contributed by atoms with van der Waals surface area (Å²) in [7, 11) is 1.78. The molecule has 0 spiro atoms. The Balaban J connectivity index is 1.06. The summed E-state index contributed by atoms with van der Waals surface area (Å²) < 4.78 is 83.9. The zero-order valence-corrected chi connectivity index (χ0v) is 37.6. The molecule has 7 N–H and O–H groups in total. The number of benzene rings is 5. The van der Waals surface area contributed by atoms with Crippen LogP contribution in [0, 0.1) is 0 Å². The maximum Gasteiger partial charge on any atom is 0.416 e. The maximum atomic E-state index is 14.9. The van der Waals surface area contributed by atoms with Crippen LogP contribution in [0.3, 0.4) is 0 Å². The Hall–Kier alpha value is -8.33. The zero-order chi connectivity index (χ0) is 50.7. The van der Waals surface area contributed by atoms with Gasteiger partial charge in [-0.2, -0.15) is 26.3 Å². The number of carboxylic acids is 1. The van der Waals surface area contributed by atoms with E-state index in [0.29, 0.717) is 28.1 Å². The van der Waals surface area contributed by atoms with Gasteiger partial charge in [-0.25, -0.2) is 14.4 Å². The first kappa shape index (κ1) is 47.7. The Morgan fingerprint density at radius 1 is 0.648 bits per heavy atom. The van der Waals surface area contributed by atoms with Crippen molar-refractivity contribution in [2.45, 2.75) is 31.0 Å². The number of carbonyl (C=O) groups excluding carboxylic acids is 4. The van der Waals surface area contributed by atoms with Crippen molar-refractivity contribution < 1.29 is 59.9 Å². The number of nitrogens with two attached hydrogens (primary N) is 2. The van der Waals surface area contributed by atoms with E-state index < -0.39 is 65.4 Å². The van der Waals surface area contributed by atoms with Crippen molar-refractivity contribution in [1.82, 2.24) is 20.4 Å². The van der Waals surface area contributed by atoms with Gasteiger partial charge in [0, 0.05) is 16.9 Å². The summed E-state index contributed by atoms with van der Waals surface area (Å²) in [6.45, 7) is -0.410. The molecule has 71 heavy (non-hydrogen) atoms. The molecule has 0 saturated carbocycles. The Morgan fingerprint density at radius 3 is 1.52 bits per heavy atom. The van der Waals surface area contributed by atoms with E-state index in [4.69, 9.17) is 11.5 Å². The Morgan fingerprint density at radius 2 is 1.08 bits per heavy atom. The number of hydrogen-bond acceptors (Lipinski definition) is 7. The Bertz CT molecular complexity index is 3050. The minimum Gasteiger partial charge on any atom is -0.478 e. The number of halogens is 6. The number of rotatable bonds is 12. The fourth-order valence-electron chi connectivity index (χ4n) is 9.52. The highest BCUT2D eigenvalue weighted by molar-refractivity contribution is 6.08. The van der Waals surface area contributed by atoms with E-state index in [-0.39, 0.29) is 83.4 Å². The number of carboxylic acid groups (broad SMARTS) is 1. The van der Waals surface area contributed by atoms with Crippen molar-refractivity contribution in [1.29, 1.82) is 0 Å². The predicted octanol–water partition coefficient (Wildman–Crippen LogP) is 7.63. The monoisotopic (exact) mass is 980 g/mol. The van der Waals surface area contributed by atoms with Crippen LogP contribution in [-0.4, -0.2) is 89.1 Å². The molecular formula is C50H44F6N9O6+. The lowest BCUT2D eigenvalue weighted by molar-refractivity contribution is -0.929. The van der Waals surface area contributed by atoms with Crippen LogP contribution < -0.4 is 31.9 Å². The van der Waals surface area contributed by atoms with Gasteiger partial charge in [0.2, 0.25) is 0 Å². The van der Waals surface area contributed by atoms with Crippen molar-refractivity contribution in [3.63, 3.8) is 0 Å². The summed E-state index contributed by atoms with van der Waals surface area (Å²) in [6, 6.07) is 23.6. The van der Waals surface area contributed by atoms with Crippen LogP contribution in [0.5, 0.6) is 0 Å². The number of hydrogen-bond donors (Lipinski definition) is 5. The molecule has 0 radical (unpaired) electrons. The third-order valence-electron chi connectivity index (χ3n) is 13.0. The van der Waals surface area contributed by atoms with Crippen molar-refractivity contribution in [2.24, 2.45) is 0 Å². The van der Waals surface area contributed by atoms with Gasteiger partial charge in [0.25, 0.3) is 11.8 Å². The van der Waals surface area contributed by atoms with Gasteiger partial charge in [-0.1, -0.05) is 48.5 Å². The van der Waals surface area contributed by atoms with Crippen molar-refractivity contribution in [2.75, 3.05) is 61.2 Å². The smallest absolute Gasteiger partial charge is 0.416 e. The second kappa shape index (κ2) is 17.9. The molecule has 6 amide bonds. The van der Waals surface area contributed by atoms with Gasteiger partial charge in [-0.3, -0.25) is 24.3 Å². The molecule has 4 heterocycles. The van der Waals surface area contributed by atoms with E-state index in [1.54, 1.807) is 67.7 Å². The molecule has 4 aliphatic rings. The number of anilines is 4. The van der Waals surface area contributed by atoms with Crippen LogP contribution >= 0.6 is 0 Å². The molecule has 366 valence electrons. The average molecular weight is 981 g/mol. The zero-order valence-electron chi connectivity index (χ0n) is 37.6. The summed E-state index contributed by atoms with van der Waals surface area (Å²) in [4.78, 5) is 74.5. The number of nitrogens with zero attached hydrogens (tertiary/aromatic N) is 5. The Labute approximate surface area is 401 Å². The van der Waals surface area contributed by atoms with E-state index in [9.17, 15) is 55.4 Å². The van der Waals surface area contributed by atoms with Crippen LogP contribution in [0.15, 0.2) is 144 Å². The third-order valence-corrected chi connectivity index (χ3v) is 13.0. The summed E-state index contributed by atoms with van der Waals surface area (Å²) >= 11 is 0. The SMILES string of the molecule is C[N+](CCN1CC2=C(C1=O)[C@@H](c1ccc(N)cc1)NC(=O)N2c1cccc(C(F)(F)F)c1)(Cc1ccc(C(=O)O)cc1)CN1CC2=C(C1=O)[C@@H](c1ccc(N)cc1)NC(=O)N2c1cccc(C(F)(F)F)c1. The molecule has 1 unspecified atom stereocenters. The molecule has 9 rings (SSSR count). The van der Waals surface area contributed by atoms with Crippen LogP contribution in [0.4, 0.5) is 58.7 Å². The number of urea groups is 2. The lowest BCUT2D eigenvalue weighted by Gasteiger charge is -2.39. The number of amides is 6. The third kappa shape index (κ3) is 9.30. The number of quaternary nitrogens is 1. The van der Waals surface area contributed by atoms with Crippen molar-refractivity contribution >= 4 is 52.6 Å². The summed E-state index contributed by atoms with van der Waals surface area (Å²) in [6.07, 6.45) is -9.50. The minimum atomic E-state index is -4.75. The number of aromatic carboxylic acids is 1. The van der Waals surface area contributed by atoms with Crippen LogP contribution in [0.1, 0.15) is 50.3 Å². The topological polar surface area (TPSA) is 195 Å². The molecular weight excluding hydrogens is 937 g/mol. The number of alkyl halides is 6. The van der Waals surface area contributed by atoms with Crippen LogP contribution in [-0.2, 0) is 28.5 Å². The second-order valence-corrected chi connectivity index (χ2v) is 18.0. The van der Waals surface area contributed by atoms with Crippen molar-refractivity contribution in [3.05, 3.63) is 177 Å². The van der Waals surface area contributed by atoms with Gasteiger partial charge in [-0.15, -0.1) is 0 Å². The van der Waals surface area contributed by atoms with Gasteiger partial charge in [0.1, 0.15) is 6.54 Å². The molecule has 4 aliphatic heterocycles. The van der Waals surface area contributed by atoms with Gasteiger partial charge < -0.3 is 36.6 Å². The van der Waals surface area contributed by atoms with Crippen LogP contribution in [0.2, 0.25) is 0 Å². The van der Waals surface area contributed by atoms with E-state index in [1.165, 1.54) is 34.1 Å². The van der Waals surface area contributed by atoms with Gasteiger partial charge in [0.15, 0.2) is 6.67 Å². The fraction of sp³-hybridized carbons (Fsp3) is 0.220. The first-order valence-corrected chi connectivity index (χ1v) is 22.1. The molecule has 5 aromatic carbocycles. The highest BCUT2D eigenvalue weighted by Gasteiger charge is 2.49. The first-order valence-electron chi connectivity index (χ1n) is 22.1. The summed E-state index contributed by atoms with van der Waals surface area (Å²) in [5.41, 5.74) is 12.5. The number of carbonyl (C=O) groups is 5. The van der Waals surface area contributed by atoms with E-state index in [2.05, 4.69) is 10.6 Å². The molecule has 21 heteroatoms. The van der Waals surface area contributed by atoms with Gasteiger partial charge in [0.05, 0.1) is 95.9 Å².